The van der Waals surface area contributed by atoms with Crippen molar-refractivity contribution in [2.45, 2.75) is 0 Å². The Morgan fingerprint density at radius 3 is 2.32 bits per heavy atom. The average Bonchev–Trinajstić information content (AvgIpc) is 2.69. The molecule has 0 aromatic carbocycles. The van der Waals surface area contributed by atoms with Gasteiger partial charge in [-0.3, -0.25) is 9.78 Å². The molecule has 0 saturated heterocycles. The molecular formula is C16H12N2O. The highest BCUT2D eigenvalue weighted by Crippen LogP contribution is 2.28. The number of hydrogen-bond acceptors (Lipinski definition) is 2. The fraction of sp³-hybridized carbons (Fsp3) is 0. The van der Waals surface area contributed by atoms with Crippen LogP contribution in [0.5, 0.6) is 0 Å². The van der Waals surface area contributed by atoms with Crippen molar-refractivity contribution in [2.24, 2.45) is 0 Å². The third-order valence-corrected chi connectivity index (χ3v) is 2.91. The number of rotatable bonds is 2. The van der Waals surface area contributed by atoms with E-state index in [-0.39, 0.29) is 5.91 Å². The van der Waals surface area contributed by atoms with Gasteiger partial charge in [0.05, 0.1) is 5.56 Å². The van der Waals surface area contributed by atoms with Crippen molar-refractivity contribution in [2.75, 3.05) is 5.32 Å². The lowest BCUT2D eigenvalue weighted by molar-refractivity contribution is 0.102. The van der Waals surface area contributed by atoms with Gasteiger partial charge in [0, 0.05) is 18.1 Å². The van der Waals surface area contributed by atoms with Crippen molar-refractivity contribution in [1.29, 1.82) is 0 Å². The standard InChI is InChI=1S/C16H12N2O/c19-16(14-7-4-8-17-11-14)18-15-9-12-5-2-1-3-6-13(12)10-15/h1-11H,(H,18,19). The third-order valence-electron chi connectivity index (χ3n) is 2.91. The highest BCUT2D eigenvalue weighted by Gasteiger charge is 2.09. The molecule has 1 aromatic rings. The van der Waals surface area contributed by atoms with Crippen LogP contribution in [0.15, 0.2) is 67.0 Å². The van der Waals surface area contributed by atoms with Crippen LogP contribution in [0.4, 0.5) is 5.69 Å². The summed E-state index contributed by atoms with van der Waals surface area (Å²) in [5, 5.41) is 2.88. The van der Waals surface area contributed by atoms with E-state index in [1.807, 2.05) is 42.5 Å². The number of amides is 1. The van der Waals surface area contributed by atoms with Crippen LogP contribution in [0.1, 0.15) is 10.4 Å². The van der Waals surface area contributed by atoms with Crippen molar-refractivity contribution in [3.05, 3.63) is 72.6 Å². The van der Waals surface area contributed by atoms with E-state index in [9.17, 15) is 4.79 Å². The normalized spacial score (nSPS) is 10.3. The van der Waals surface area contributed by atoms with E-state index < -0.39 is 0 Å². The Hall–Kier alpha value is -2.68. The van der Waals surface area contributed by atoms with E-state index in [2.05, 4.69) is 10.3 Å². The van der Waals surface area contributed by atoms with Gasteiger partial charge < -0.3 is 5.32 Å². The first-order valence-corrected chi connectivity index (χ1v) is 6.03. The number of anilines is 1. The molecule has 1 N–H and O–H groups in total. The Kier molecular flexibility index (Phi) is 2.94. The number of hydrogen-bond donors (Lipinski definition) is 1. The Morgan fingerprint density at radius 2 is 1.68 bits per heavy atom. The molecule has 0 atom stereocenters. The van der Waals surface area contributed by atoms with Crippen LogP contribution in [0, 0.1) is 0 Å². The van der Waals surface area contributed by atoms with Gasteiger partial charge in [-0.15, -0.1) is 0 Å². The second kappa shape index (κ2) is 4.90. The zero-order valence-corrected chi connectivity index (χ0v) is 10.2. The molecule has 0 saturated carbocycles. The predicted molar refractivity (Wildman–Crippen MR) is 75.3 cm³/mol. The zero-order valence-electron chi connectivity index (χ0n) is 10.2. The number of nitrogens with one attached hydrogen (secondary N) is 1. The Balaban J connectivity index is 1.87. The monoisotopic (exact) mass is 248 g/mol. The summed E-state index contributed by atoms with van der Waals surface area (Å²) in [6.45, 7) is 0. The number of nitrogens with zero attached hydrogens (tertiary/aromatic N) is 1. The second-order valence-electron chi connectivity index (χ2n) is 4.26. The summed E-state index contributed by atoms with van der Waals surface area (Å²) in [7, 11) is 0. The number of carbonyl (C=O) groups is 1. The molecule has 19 heavy (non-hydrogen) atoms. The summed E-state index contributed by atoms with van der Waals surface area (Å²) in [4.78, 5) is 15.9. The summed E-state index contributed by atoms with van der Waals surface area (Å²) in [6.07, 6.45) is 3.20. The average molecular weight is 248 g/mol. The summed E-state index contributed by atoms with van der Waals surface area (Å²) in [5.74, 6) is -0.146. The topological polar surface area (TPSA) is 42.0 Å². The summed E-state index contributed by atoms with van der Waals surface area (Å²) in [6, 6.07) is 17.4. The van der Waals surface area contributed by atoms with Crippen LogP contribution in [-0.2, 0) is 0 Å². The minimum atomic E-state index is -0.146. The maximum absolute atomic E-state index is 12.0. The summed E-state index contributed by atoms with van der Waals surface area (Å²) < 4.78 is 0. The molecule has 1 aromatic heterocycles. The second-order valence-corrected chi connectivity index (χ2v) is 4.26. The molecule has 0 bridgehead atoms. The van der Waals surface area contributed by atoms with E-state index in [0.717, 1.165) is 16.8 Å². The molecule has 0 unspecified atom stereocenters. The predicted octanol–water partition coefficient (Wildman–Crippen LogP) is 3.44. The molecule has 0 radical (unpaired) electrons. The van der Waals surface area contributed by atoms with E-state index in [1.165, 1.54) is 0 Å². The van der Waals surface area contributed by atoms with Gasteiger partial charge in [0.1, 0.15) is 0 Å². The zero-order chi connectivity index (χ0) is 13.1. The van der Waals surface area contributed by atoms with Crippen LogP contribution >= 0.6 is 0 Å². The minimum Gasteiger partial charge on any atom is -0.322 e. The van der Waals surface area contributed by atoms with Gasteiger partial charge in [0.25, 0.3) is 5.91 Å². The highest BCUT2D eigenvalue weighted by atomic mass is 16.1. The van der Waals surface area contributed by atoms with E-state index >= 15 is 0 Å². The van der Waals surface area contributed by atoms with Crippen molar-refractivity contribution in [3.8, 4) is 11.1 Å². The number of fused-ring (bicyclic) bond motifs is 1. The van der Waals surface area contributed by atoms with Gasteiger partial charge in [-0.05, 0) is 35.4 Å². The molecule has 0 aliphatic heterocycles. The SMILES string of the molecule is O=C(Nc1cc2cccccc-2c1)c1cccnc1. The minimum absolute atomic E-state index is 0.146. The molecule has 1 amide bonds. The van der Waals surface area contributed by atoms with Crippen molar-refractivity contribution >= 4 is 11.6 Å². The number of aromatic nitrogens is 1. The fourth-order valence-corrected chi connectivity index (χ4v) is 1.99. The Bertz CT molecular complexity index is 649. The first kappa shape index (κ1) is 11.4. The lowest BCUT2D eigenvalue weighted by atomic mass is 10.2. The molecule has 1 heterocycles. The molecule has 2 aliphatic rings. The van der Waals surface area contributed by atoms with Crippen LogP contribution in [-0.4, -0.2) is 10.9 Å². The fourth-order valence-electron chi connectivity index (χ4n) is 1.99. The van der Waals surface area contributed by atoms with Crippen molar-refractivity contribution < 1.29 is 4.79 Å². The summed E-state index contributed by atoms with van der Waals surface area (Å²) >= 11 is 0. The van der Waals surface area contributed by atoms with Crippen LogP contribution in [0.3, 0.4) is 0 Å². The van der Waals surface area contributed by atoms with Gasteiger partial charge >= 0.3 is 0 Å². The number of pyridine rings is 1. The molecule has 2 aliphatic carbocycles. The highest BCUT2D eigenvalue weighted by molar-refractivity contribution is 6.04. The third kappa shape index (κ3) is 2.45. The van der Waals surface area contributed by atoms with Crippen LogP contribution in [0.25, 0.3) is 11.1 Å². The van der Waals surface area contributed by atoms with Gasteiger partial charge in [0.2, 0.25) is 0 Å². The Morgan fingerprint density at radius 1 is 0.947 bits per heavy atom. The lowest BCUT2D eigenvalue weighted by Crippen LogP contribution is -2.11. The smallest absolute Gasteiger partial charge is 0.257 e. The lowest BCUT2D eigenvalue weighted by Gasteiger charge is -2.01. The van der Waals surface area contributed by atoms with Crippen molar-refractivity contribution in [1.82, 2.24) is 4.98 Å². The van der Waals surface area contributed by atoms with E-state index in [4.69, 9.17) is 0 Å². The number of carbonyl (C=O) groups excluding carboxylic acids is 1. The molecule has 0 spiro atoms. The van der Waals surface area contributed by atoms with Gasteiger partial charge in [-0.1, -0.05) is 30.3 Å². The largest absolute Gasteiger partial charge is 0.322 e. The molecule has 0 fully saturated rings. The van der Waals surface area contributed by atoms with Gasteiger partial charge in [-0.25, -0.2) is 0 Å². The van der Waals surface area contributed by atoms with Crippen molar-refractivity contribution in [3.63, 3.8) is 0 Å². The Labute approximate surface area is 111 Å². The van der Waals surface area contributed by atoms with Gasteiger partial charge in [0.15, 0.2) is 0 Å². The van der Waals surface area contributed by atoms with E-state index in [0.29, 0.717) is 5.56 Å². The first-order valence-electron chi connectivity index (χ1n) is 6.03. The van der Waals surface area contributed by atoms with Crippen LogP contribution in [0.2, 0.25) is 0 Å². The maximum Gasteiger partial charge on any atom is 0.257 e. The maximum atomic E-state index is 12.0. The van der Waals surface area contributed by atoms with Gasteiger partial charge in [-0.2, -0.15) is 0 Å². The summed E-state index contributed by atoms with van der Waals surface area (Å²) in [5.41, 5.74) is 3.56. The van der Waals surface area contributed by atoms with Crippen LogP contribution < -0.4 is 5.32 Å². The molecule has 92 valence electrons. The van der Waals surface area contributed by atoms with E-state index in [1.54, 1.807) is 24.5 Å². The quantitative estimate of drug-likeness (QED) is 0.754. The molecular weight excluding hydrogens is 236 g/mol. The first-order chi connectivity index (χ1) is 9.33. The molecule has 3 heteroatoms. The molecule has 3 rings (SSSR count). The molecule has 3 nitrogen and oxygen atoms in total.